The number of carbonyl (C=O) groups excluding carboxylic acids is 1. The van der Waals surface area contributed by atoms with E-state index in [4.69, 9.17) is 16.3 Å². The Hall–Kier alpha value is -3.06. The van der Waals surface area contributed by atoms with E-state index in [0.717, 1.165) is 5.56 Å². The maximum absolute atomic E-state index is 14.3. The van der Waals surface area contributed by atoms with Gasteiger partial charge in [0.2, 0.25) is 0 Å². The highest BCUT2D eigenvalue weighted by atomic mass is 35.5. The number of hydrogen-bond donors (Lipinski definition) is 2. The van der Waals surface area contributed by atoms with Crippen LogP contribution in [0.4, 0.5) is 9.18 Å². The van der Waals surface area contributed by atoms with Gasteiger partial charge in [0.15, 0.2) is 0 Å². The van der Waals surface area contributed by atoms with Crippen molar-refractivity contribution in [2.24, 2.45) is 0 Å². The molecule has 0 saturated carbocycles. The predicted molar refractivity (Wildman–Crippen MR) is 98.6 cm³/mol. The van der Waals surface area contributed by atoms with Crippen LogP contribution in [-0.4, -0.2) is 22.2 Å². The smallest absolute Gasteiger partial charge is 0.315 e. The third-order valence-corrected chi connectivity index (χ3v) is 4.62. The highest BCUT2D eigenvalue weighted by Gasteiger charge is 2.27. The van der Waals surface area contributed by atoms with Gasteiger partial charge in [0.1, 0.15) is 18.2 Å². The third kappa shape index (κ3) is 3.59. The van der Waals surface area contributed by atoms with Crippen molar-refractivity contribution in [3.63, 3.8) is 0 Å². The van der Waals surface area contributed by atoms with Crippen LogP contribution in [0.25, 0.3) is 5.69 Å². The molecule has 2 heterocycles. The second kappa shape index (κ2) is 7.28. The van der Waals surface area contributed by atoms with Crippen LogP contribution < -0.4 is 15.4 Å². The minimum atomic E-state index is -0.388. The quantitative estimate of drug-likeness (QED) is 0.720. The molecule has 2 amide bonds. The molecule has 0 spiro atoms. The zero-order valence-corrected chi connectivity index (χ0v) is 14.9. The molecule has 0 saturated heterocycles. The van der Waals surface area contributed by atoms with Crippen molar-refractivity contribution in [1.82, 2.24) is 20.2 Å². The number of urea groups is 1. The van der Waals surface area contributed by atoms with E-state index < -0.39 is 0 Å². The van der Waals surface area contributed by atoms with Crippen LogP contribution >= 0.6 is 11.6 Å². The van der Waals surface area contributed by atoms with Crippen LogP contribution in [0, 0.1) is 5.82 Å². The first-order chi connectivity index (χ1) is 13.1. The number of fused-ring (bicyclic) bond motifs is 1. The summed E-state index contributed by atoms with van der Waals surface area (Å²) in [5.41, 5.74) is 1.89. The Morgan fingerprint density at radius 1 is 1.37 bits per heavy atom. The summed E-state index contributed by atoms with van der Waals surface area (Å²) in [5, 5.41) is 6.09. The Kier molecular flexibility index (Phi) is 4.68. The second-order valence-electron chi connectivity index (χ2n) is 6.10. The van der Waals surface area contributed by atoms with Crippen molar-refractivity contribution < 1.29 is 13.9 Å². The van der Waals surface area contributed by atoms with Crippen LogP contribution in [0.5, 0.6) is 5.75 Å². The summed E-state index contributed by atoms with van der Waals surface area (Å²) < 4.78 is 21.4. The summed E-state index contributed by atoms with van der Waals surface area (Å²) in [6, 6.07) is 9.57. The molecule has 0 fully saturated rings. The van der Waals surface area contributed by atoms with Crippen molar-refractivity contribution in [2.45, 2.75) is 12.6 Å². The summed E-state index contributed by atoms with van der Waals surface area (Å²) in [4.78, 5) is 16.1. The molecule has 0 radical (unpaired) electrons. The molecule has 4 rings (SSSR count). The maximum atomic E-state index is 14.3. The molecule has 0 bridgehead atoms. The molecule has 6 nitrogen and oxygen atoms in total. The number of nitrogens with zero attached hydrogens (tertiary/aromatic N) is 2. The average Bonchev–Trinajstić information content (AvgIpc) is 3.31. The van der Waals surface area contributed by atoms with Crippen LogP contribution in [0.15, 0.2) is 55.1 Å². The Labute approximate surface area is 159 Å². The van der Waals surface area contributed by atoms with Gasteiger partial charge in [-0.05, 0) is 23.8 Å². The fourth-order valence-corrected chi connectivity index (χ4v) is 3.23. The highest BCUT2D eigenvalue weighted by Crippen LogP contribution is 2.37. The van der Waals surface area contributed by atoms with Crippen molar-refractivity contribution in [3.05, 3.63) is 77.1 Å². The van der Waals surface area contributed by atoms with Crippen LogP contribution in [-0.2, 0) is 6.54 Å². The lowest BCUT2D eigenvalue weighted by Crippen LogP contribution is -2.38. The van der Waals surface area contributed by atoms with E-state index in [9.17, 15) is 9.18 Å². The van der Waals surface area contributed by atoms with Crippen LogP contribution in [0.3, 0.4) is 0 Å². The number of hydrogen-bond acceptors (Lipinski definition) is 3. The number of nitrogens with one attached hydrogen (secondary N) is 2. The van der Waals surface area contributed by atoms with Crippen molar-refractivity contribution in [3.8, 4) is 11.4 Å². The molecule has 2 aromatic carbocycles. The van der Waals surface area contributed by atoms with Crippen molar-refractivity contribution >= 4 is 17.6 Å². The largest absolute Gasteiger partial charge is 0.489 e. The van der Waals surface area contributed by atoms with Gasteiger partial charge in [-0.1, -0.05) is 29.8 Å². The van der Waals surface area contributed by atoms with Crippen molar-refractivity contribution in [2.75, 3.05) is 6.61 Å². The highest BCUT2D eigenvalue weighted by molar-refractivity contribution is 6.32. The molecule has 27 heavy (non-hydrogen) atoms. The number of ether oxygens (including phenoxy) is 1. The summed E-state index contributed by atoms with van der Waals surface area (Å²) in [6.45, 7) is 0.518. The monoisotopic (exact) mass is 386 g/mol. The van der Waals surface area contributed by atoms with Gasteiger partial charge in [-0.25, -0.2) is 14.2 Å². The zero-order valence-electron chi connectivity index (χ0n) is 14.2. The molecule has 2 N–H and O–H groups in total. The topological polar surface area (TPSA) is 68.2 Å². The number of halogens is 2. The predicted octanol–water partition coefficient (Wildman–Crippen LogP) is 3.60. The van der Waals surface area contributed by atoms with Gasteiger partial charge in [-0.15, -0.1) is 0 Å². The normalized spacial score (nSPS) is 15.1. The molecule has 1 atom stereocenters. The number of carbonyl (C=O) groups is 1. The maximum Gasteiger partial charge on any atom is 0.315 e. The van der Waals surface area contributed by atoms with E-state index in [1.165, 1.54) is 12.4 Å². The Morgan fingerprint density at radius 3 is 3.04 bits per heavy atom. The van der Waals surface area contributed by atoms with Crippen LogP contribution in [0.1, 0.15) is 17.2 Å². The molecular formula is C19H16ClFN4O2. The fourth-order valence-electron chi connectivity index (χ4n) is 2.99. The molecular weight excluding hydrogens is 371 g/mol. The fraction of sp³-hybridized carbons (Fsp3) is 0.158. The molecule has 3 aromatic rings. The lowest BCUT2D eigenvalue weighted by Gasteiger charge is -2.13. The molecule has 1 aromatic heterocycles. The SMILES string of the molecule is O=C(NCc1ccc(-n2ccnc2)c(F)c1)NC1COc2c(Cl)cccc21. The molecule has 8 heteroatoms. The van der Waals surface area contributed by atoms with E-state index in [-0.39, 0.29) is 24.4 Å². The number of amides is 2. The van der Waals surface area contributed by atoms with Gasteiger partial charge in [-0.2, -0.15) is 0 Å². The van der Waals surface area contributed by atoms with E-state index in [1.807, 2.05) is 12.1 Å². The number of aromatic nitrogens is 2. The lowest BCUT2D eigenvalue weighted by molar-refractivity contribution is 0.231. The van der Waals surface area contributed by atoms with Crippen LogP contribution in [0.2, 0.25) is 5.02 Å². The zero-order chi connectivity index (χ0) is 18.8. The Bertz CT molecular complexity index is 978. The summed E-state index contributed by atoms with van der Waals surface area (Å²) in [7, 11) is 0. The molecule has 138 valence electrons. The summed E-state index contributed by atoms with van der Waals surface area (Å²) in [5.74, 6) is 0.210. The van der Waals surface area contributed by atoms with Gasteiger partial charge in [0.05, 0.1) is 23.1 Å². The average molecular weight is 387 g/mol. The minimum Gasteiger partial charge on any atom is -0.489 e. The second-order valence-corrected chi connectivity index (χ2v) is 6.51. The van der Waals surface area contributed by atoms with Gasteiger partial charge < -0.3 is 19.9 Å². The number of benzene rings is 2. The molecule has 1 aliphatic heterocycles. The molecule has 0 aliphatic carbocycles. The van der Waals surface area contributed by atoms with Gasteiger partial charge in [0.25, 0.3) is 0 Å². The first kappa shape index (κ1) is 17.4. The first-order valence-electron chi connectivity index (χ1n) is 8.34. The summed E-state index contributed by atoms with van der Waals surface area (Å²) in [6.07, 6.45) is 4.77. The standard InChI is InChI=1S/C19H16ClFN4O2/c20-14-3-1-2-13-16(10-27-18(13)14)24-19(26)23-9-12-4-5-17(15(21)8-12)25-7-6-22-11-25/h1-8,11,16H,9-10H2,(H2,23,24,26). The summed E-state index contributed by atoms with van der Waals surface area (Å²) >= 11 is 6.08. The first-order valence-corrected chi connectivity index (χ1v) is 8.72. The molecule has 1 unspecified atom stereocenters. The number of imidazole rings is 1. The minimum absolute atomic E-state index is 0.197. The number of para-hydroxylation sites is 1. The van der Waals surface area contributed by atoms with Gasteiger partial charge in [0, 0.05) is 24.5 Å². The van der Waals surface area contributed by atoms with Gasteiger partial charge in [-0.3, -0.25) is 0 Å². The van der Waals surface area contributed by atoms with Gasteiger partial charge >= 0.3 is 6.03 Å². The van der Waals surface area contributed by atoms with Crippen molar-refractivity contribution in [1.29, 1.82) is 0 Å². The van der Waals surface area contributed by atoms with E-state index >= 15 is 0 Å². The molecule has 1 aliphatic rings. The Balaban J connectivity index is 1.37. The Morgan fingerprint density at radius 2 is 2.26 bits per heavy atom. The lowest BCUT2D eigenvalue weighted by atomic mass is 10.1. The number of rotatable bonds is 4. The third-order valence-electron chi connectivity index (χ3n) is 4.32. The van der Waals surface area contributed by atoms with E-state index in [1.54, 1.807) is 35.2 Å². The van der Waals surface area contributed by atoms with E-state index in [2.05, 4.69) is 15.6 Å². The van der Waals surface area contributed by atoms with E-state index in [0.29, 0.717) is 28.6 Å².